The number of hydrogen-bond donors (Lipinski definition) is 1. The zero-order valence-electron chi connectivity index (χ0n) is 17.8. The summed E-state index contributed by atoms with van der Waals surface area (Å²) in [4.78, 5) is 16.3. The fraction of sp³-hybridized carbons (Fsp3) is 0.250. The number of ether oxygens (including phenoxy) is 2. The lowest BCUT2D eigenvalue weighted by Crippen LogP contribution is -2.20. The Hall–Kier alpha value is -3.25. The highest BCUT2D eigenvalue weighted by atomic mass is 35.5. The Labute approximate surface area is 187 Å². The number of carbonyl (C=O) groups excluding carboxylic acids is 1. The lowest BCUT2D eigenvalue weighted by molar-refractivity contribution is -0.116. The van der Waals surface area contributed by atoms with E-state index in [0.717, 1.165) is 17.7 Å². The van der Waals surface area contributed by atoms with E-state index in [2.05, 4.69) is 10.3 Å². The van der Waals surface area contributed by atoms with Crippen LogP contribution in [0.2, 0.25) is 5.02 Å². The highest BCUT2D eigenvalue weighted by Crippen LogP contribution is 2.37. The summed E-state index contributed by atoms with van der Waals surface area (Å²) in [7, 11) is 1.56. The lowest BCUT2D eigenvalue weighted by Gasteiger charge is -2.15. The Balaban J connectivity index is 1.56. The van der Waals surface area contributed by atoms with Crippen molar-refractivity contribution in [1.82, 2.24) is 14.9 Å². The number of nitrogens with zero attached hydrogens (tertiary/aromatic N) is 2. The van der Waals surface area contributed by atoms with Gasteiger partial charge in [0, 0.05) is 31.6 Å². The van der Waals surface area contributed by atoms with Crippen LogP contribution in [0.15, 0.2) is 61.2 Å². The second-order valence-electron chi connectivity index (χ2n) is 7.30. The molecule has 0 bridgehead atoms. The van der Waals surface area contributed by atoms with Gasteiger partial charge in [0.15, 0.2) is 11.5 Å². The molecule has 0 aliphatic carbocycles. The molecule has 7 heteroatoms. The lowest BCUT2D eigenvalue weighted by atomic mass is 10.1. The Morgan fingerprint density at radius 2 is 1.97 bits per heavy atom. The van der Waals surface area contributed by atoms with Gasteiger partial charge in [-0.05, 0) is 48.7 Å². The molecule has 1 amide bonds. The van der Waals surface area contributed by atoms with E-state index in [4.69, 9.17) is 21.1 Å². The van der Waals surface area contributed by atoms with Gasteiger partial charge in [-0.25, -0.2) is 4.98 Å². The van der Waals surface area contributed by atoms with E-state index in [1.165, 1.54) is 11.6 Å². The quantitative estimate of drug-likeness (QED) is 0.490. The highest BCUT2D eigenvalue weighted by Gasteiger charge is 2.12. The van der Waals surface area contributed by atoms with Crippen LogP contribution in [-0.4, -0.2) is 28.7 Å². The van der Waals surface area contributed by atoms with Crippen molar-refractivity contribution in [3.8, 4) is 11.5 Å². The topological polar surface area (TPSA) is 65.4 Å². The fourth-order valence-electron chi connectivity index (χ4n) is 2.96. The minimum Gasteiger partial charge on any atom is -0.493 e. The molecule has 1 aromatic heterocycles. The molecule has 0 atom stereocenters. The van der Waals surface area contributed by atoms with E-state index >= 15 is 0 Å². The molecule has 31 heavy (non-hydrogen) atoms. The van der Waals surface area contributed by atoms with Crippen molar-refractivity contribution in [2.24, 2.45) is 0 Å². The van der Waals surface area contributed by atoms with Crippen molar-refractivity contribution in [1.29, 1.82) is 0 Å². The summed E-state index contributed by atoms with van der Waals surface area (Å²) >= 11 is 6.33. The van der Waals surface area contributed by atoms with E-state index < -0.39 is 0 Å². The van der Waals surface area contributed by atoms with Crippen molar-refractivity contribution in [3.63, 3.8) is 0 Å². The minimum absolute atomic E-state index is 0.0291. The number of benzene rings is 2. The van der Waals surface area contributed by atoms with Crippen LogP contribution in [0.3, 0.4) is 0 Å². The van der Waals surface area contributed by atoms with E-state index in [0.29, 0.717) is 23.1 Å². The average Bonchev–Trinajstić information content (AvgIpc) is 3.26. The first-order valence-electron chi connectivity index (χ1n) is 9.98. The monoisotopic (exact) mass is 439 g/mol. The third kappa shape index (κ3) is 6.62. The van der Waals surface area contributed by atoms with Gasteiger partial charge in [-0.1, -0.05) is 35.9 Å². The van der Waals surface area contributed by atoms with Gasteiger partial charge < -0.3 is 19.4 Å². The molecular weight excluding hydrogens is 414 g/mol. The van der Waals surface area contributed by atoms with Gasteiger partial charge in [-0.2, -0.15) is 0 Å². The SMILES string of the molecule is COc1cc(/C=C/C(=O)NCc2ccc(Cn3ccnc3)cc2)cc(Cl)c1OC(C)C. The number of rotatable bonds is 9. The summed E-state index contributed by atoms with van der Waals surface area (Å²) in [6.07, 6.45) is 8.61. The van der Waals surface area contributed by atoms with E-state index in [9.17, 15) is 4.79 Å². The first-order valence-corrected chi connectivity index (χ1v) is 10.4. The van der Waals surface area contributed by atoms with E-state index in [-0.39, 0.29) is 12.0 Å². The summed E-state index contributed by atoms with van der Waals surface area (Å²) in [6, 6.07) is 11.6. The maximum absolute atomic E-state index is 12.2. The molecule has 0 spiro atoms. The zero-order chi connectivity index (χ0) is 22.2. The van der Waals surface area contributed by atoms with Gasteiger partial charge in [0.05, 0.1) is 24.6 Å². The molecule has 0 saturated carbocycles. The second-order valence-corrected chi connectivity index (χ2v) is 7.71. The molecule has 6 nitrogen and oxygen atoms in total. The smallest absolute Gasteiger partial charge is 0.244 e. The molecule has 3 aromatic rings. The van der Waals surface area contributed by atoms with Gasteiger partial charge in [0.1, 0.15) is 0 Å². The van der Waals surface area contributed by atoms with Gasteiger partial charge in [0.25, 0.3) is 0 Å². The number of halogens is 1. The number of nitrogens with one attached hydrogen (secondary N) is 1. The standard InChI is InChI=1S/C24H26ClN3O3/c1-17(2)31-24-21(25)12-20(13-22(24)30-3)8-9-23(29)27-14-18-4-6-19(7-5-18)15-28-11-10-26-16-28/h4-13,16-17H,14-15H2,1-3H3,(H,27,29)/b9-8+. The summed E-state index contributed by atoms with van der Waals surface area (Å²) in [5, 5.41) is 3.32. The number of methoxy groups -OCH3 is 1. The largest absolute Gasteiger partial charge is 0.493 e. The van der Waals surface area contributed by atoms with Gasteiger partial charge in [-0.3, -0.25) is 4.79 Å². The number of aromatic nitrogens is 2. The Morgan fingerprint density at radius 1 is 1.23 bits per heavy atom. The molecule has 0 radical (unpaired) electrons. The number of hydrogen-bond acceptors (Lipinski definition) is 4. The molecule has 2 aromatic carbocycles. The second kappa shape index (κ2) is 10.7. The minimum atomic E-state index is -0.194. The summed E-state index contributed by atoms with van der Waals surface area (Å²) in [5.41, 5.74) is 2.94. The van der Waals surface area contributed by atoms with Crippen LogP contribution in [-0.2, 0) is 17.9 Å². The Bertz CT molecular complexity index is 1030. The van der Waals surface area contributed by atoms with E-state index in [1.54, 1.807) is 37.8 Å². The summed E-state index contributed by atoms with van der Waals surface area (Å²) in [5.74, 6) is 0.828. The highest BCUT2D eigenvalue weighted by molar-refractivity contribution is 6.32. The average molecular weight is 440 g/mol. The molecule has 0 aliphatic heterocycles. The molecule has 0 fully saturated rings. The van der Waals surface area contributed by atoms with Crippen molar-refractivity contribution in [3.05, 3.63) is 82.9 Å². The van der Waals surface area contributed by atoms with Crippen LogP contribution in [0.25, 0.3) is 6.08 Å². The molecule has 0 saturated heterocycles. The van der Waals surface area contributed by atoms with Crippen LogP contribution in [0.1, 0.15) is 30.5 Å². The van der Waals surface area contributed by atoms with Crippen molar-refractivity contribution in [2.45, 2.75) is 33.0 Å². The molecular formula is C24H26ClN3O3. The van der Waals surface area contributed by atoms with Crippen molar-refractivity contribution >= 4 is 23.6 Å². The third-order valence-corrected chi connectivity index (χ3v) is 4.73. The van der Waals surface area contributed by atoms with Crippen LogP contribution in [0.5, 0.6) is 11.5 Å². The Morgan fingerprint density at radius 3 is 2.61 bits per heavy atom. The molecule has 0 unspecified atom stereocenters. The normalized spacial score (nSPS) is 11.1. The molecule has 1 heterocycles. The zero-order valence-corrected chi connectivity index (χ0v) is 18.6. The predicted octanol–water partition coefficient (Wildman–Crippen LogP) is 4.71. The number of imidazole rings is 1. The summed E-state index contributed by atoms with van der Waals surface area (Å²) < 4.78 is 13.1. The summed E-state index contributed by atoms with van der Waals surface area (Å²) in [6.45, 7) is 5.05. The maximum Gasteiger partial charge on any atom is 0.244 e. The maximum atomic E-state index is 12.2. The molecule has 0 aliphatic rings. The Kier molecular flexibility index (Phi) is 7.73. The first kappa shape index (κ1) is 22.4. The van der Waals surface area contributed by atoms with Crippen LogP contribution < -0.4 is 14.8 Å². The molecule has 3 rings (SSSR count). The molecule has 162 valence electrons. The van der Waals surface area contributed by atoms with Crippen LogP contribution in [0.4, 0.5) is 0 Å². The predicted molar refractivity (Wildman–Crippen MR) is 122 cm³/mol. The fourth-order valence-corrected chi connectivity index (χ4v) is 3.22. The van der Waals surface area contributed by atoms with Crippen molar-refractivity contribution < 1.29 is 14.3 Å². The van der Waals surface area contributed by atoms with Gasteiger partial charge in [0.2, 0.25) is 5.91 Å². The van der Waals surface area contributed by atoms with E-state index in [1.807, 2.05) is 48.9 Å². The van der Waals surface area contributed by atoms with Crippen LogP contribution >= 0.6 is 11.6 Å². The van der Waals surface area contributed by atoms with Crippen molar-refractivity contribution in [2.75, 3.05) is 7.11 Å². The third-order valence-electron chi connectivity index (χ3n) is 4.45. The van der Waals surface area contributed by atoms with Gasteiger partial charge >= 0.3 is 0 Å². The van der Waals surface area contributed by atoms with Crippen LogP contribution in [0, 0.1) is 0 Å². The molecule has 1 N–H and O–H groups in total. The van der Waals surface area contributed by atoms with Gasteiger partial charge in [-0.15, -0.1) is 0 Å². The number of carbonyl (C=O) groups is 1. The first-order chi connectivity index (χ1) is 14.9. The number of amides is 1.